The van der Waals surface area contributed by atoms with E-state index in [-0.39, 0.29) is 12.4 Å². The van der Waals surface area contributed by atoms with Gasteiger partial charge in [-0.15, -0.1) is 0 Å². The number of rotatable bonds is 4. The molecule has 22 heavy (non-hydrogen) atoms. The number of aryl methyl sites for hydroxylation is 1. The van der Waals surface area contributed by atoms with E-state index in [2.05, 4.69) is 0 Å². The van der Waals surface area contributed by atoms with Crippen LogP contribution in [0, 0.1) is 6.92 Å². The van der Waals surface area contributed by atoms with Gasteiger partial charge in [0.05, 0.1) is 6.61 Å². The molecule has 4 heteroatoms. The lowest BCUT2D eigenvalue weighted by Gasteiger charge is -2.04. The van der Waals surface area contributed by atoms with Crippen LogP contribution in [-0.4, -0.2) is 13.1 Å². The highest BCUT2D eigenvalue weighted by molar-refractivity contribution is 5.97. The molecule has 1 heterocycles. The lowest BCUT2D eigenvalue weighted by atomic mass is 10.1. The number of carbonyl (C=O) groups is 1. The topological polar surface area (TPSA) is 48.7 Å². The minimum atomic E-state index is -0.521. The van der Waals surface area contributed by atoms with Gasteiger partial charge in [-0.2, -0.15) is 0 Å². The Bertz CT molecular complexity index is 800. The van der Waals surface area contributed by atoms with E-state index in [4.69, 9.17) is 13.9 Å². The van der Waals surface area contributed by atoms with E-state index >= 15 is 0 Å². The number of hydrogen-bond acceptors (Lipinski definition) is 4. The van der Waals surface area contributed by atoms with Crippen LogP contribution in [-0.2, 0) is 11.3 Å². The average Bonchev–Trinajstić information content (AvgIpc) is 2.89. The third-order valence-corrected chi connectivity index (χ3v) is 3.40. The zero-order valence-corrected chi connectivity index (χ0v) is 12.5. The summed E-state index contributed by atoms with van der Waals surface area (Å²) in [5.41, 5.74) is 2.45. The van der Waals surface area contributed by atoms with Crippen LogP contribution in [0.25, 0.3) is 11.0 Å². The van der Waals surface area contributed by atoms with Gasteiger partial charge in [-0.1, -0.05) is 35.9 Å². The van der Waals surface area contributed by atoms with Crippen LogP contribution in [0.5, 0.6) is 5.75 Å². The fraction of sp³-hybridized carbons (Fsp3) is 0.167. The third-order valence-electron chi connectivity index (χ3n) is 3.40. The fourth-order valence-electron chi connectivity index (χ4n) is 2.31. The molecule has 0 N–H and O–H groups in total. The van der Waals surface area contributed by atoms with Gasteiger partial charge in [0.15, 0.2) is 0 Å². The molecule has 0 fully saturated rings. The van der Waals surface area contributed by atoms with Crippen molar-refractivity contribution in [2.24, 2.45) is 0 Å². The molecule has 0 amide bonds. The number of fused-ring (bicyclic) bond motifs is 1. The van der Waals surface area contributed by atoms with E-state index < -0.39 is 5.97 Å². The maximum Gasteiger partial charge on any atom is 0.380 e. The summed E-state index contributed by atoms with van der Waals surface area (Å²) in [6, 6.07) is 14.8. The molecule has 0 aliphatic rings. The molecule has 0 saturated heterocycles. The smallest absolute Gasteiger partial charge is 0.380 e. The average molecular weight is 296 g/mol. The van der Waals surface area contributed by atoms with Crippen molar-refractivity contribution in [3.63, 3.8) is 0 Å². The first-order valence-corrected chi connectivity index (χ1v) is 6.97. The summed E-state index contributed by atoms with van der Waals surface area (Å²) in [5, 5.41) is 0.861. The molecule has 112 valence electrons. The zero-order chi connectivity index (χ0) is 15.5. The number of para-hydroxylation sites is 1. The van der Waals surface area contributed by atoms with Crippen molar-refractivity contribution < 1.29 is 18.7 Å². The van der Waals surface area contributed by atoms with E-state index in [1.54, 1.807) is 19.2 Å². The zero-order valence-electron chi connectivity index (χ0n) is 12.5. The van der Waals surface area contributed by atoms with E-state index in [1.165, 1.54) is 0 Å². The van der Waals surface area contributed by atoms with Crippen LogP contribution >= 0.6 is 0 Å². The van der Waals surface area contributed by atoms with Crippen LogP contribution in [0.15, 0.2) is 52.9 Å². The van der Waals surface area contributed by atoms with Gasteiger partial charge in [0.2, 0.25) is 5.76 Å². The van der Waals surface area contributed by atoms with E-state index in [0.29, 0.717) is 16.9 Å². The first-order chi connectivity index (χ1) is 10.7. The quantitative estimate of drug-likeness (QED) is 0.537. The molecule has 0 aliphatic carbocycles. The van der Waals surface area contributed by atoms with Gasteiger partial charge < -0.3 is 13.9 Å². The largest absolute Gasteiger partial charge is 0.449 e. The molecule has 3 aromatic rings. The van der Waals surface area contributed by atoms with Crippen LogP contribution in [0.2, 0.25) is 0 Å². The highest BCUT2D eigenvalue weighted by Gasteiger charge is 2.22. The molecule has 1 aromatic heterocycles. The SMILES string of the molecule is COCc1c(C(=O)Oc2ccc(C)cc2)oc2ccccc12. The van der Waals surface area contributed by atoms with Crippen molar-refractivity contribution in [3.05, 3.63) is 65.4 Å². The minimum Gasteiger partial charge on any atom is -0.449 e. The van der Waals surface area contributed by atoms with E-state index in [0.717, 1.165) is 10.9 Å². The number of furan rings is 1. The Balaban J connectivity index is 1.96. The molecule has 0 radical (unpaired) electrons. The second kappa shape index (κ2) is 6.03. The van der Waals surface area contributed by atoms with Gasteiger partial charge in [-0.25, -0.2) is 4.79 Å². The van der Waals surface area contributed by atoms with Crippen molar-refractivity contribution in [1.82, 2.24) is 0 Å². The van der Waals surface area contributed by atoms with E-state index in [9.17, 15) is 4.79 Å². The maximum absolute atomic E-state index is 12.4. The first-order valence-electron chi connectivity index (χ1n) is 6.97. The third kappa shape index (κ3) is 2.73. The Morgan fingerprint density at radius 3 is 2.55 bits per heavy atom. The summed E-state index contributed by atoms with van der Waals surface area (Å²) < 4.78 is 16.2. The van der Waals surface area contributed by atoms with Crippen molar-refractivity contribution in [2.45, 2.75) is 13.5 Å². The number of carbonyl (C=O) groups excluding carboxylic acids is 1. The standard InChI is InChI=1S/C18H16O4/c1-12-7-9-13(10-8-12)21-18(19)17-15(11-20-2)14-5-3-4-6-16(14)22-17/h3-10H,11H2,1-2H3. The van der Waals surface area contributed by atoms with Gasteiger partial charge in [-0.05, 0) is 25.1 Å². The summed E-state index contributed by atoms with van der Waals surface area (Å²) >= 11 is 0. The number of benzene rings is 2. The lowest BCUT2D eigenvalue weighted by molar-refractivity contribution is 0.0697. The summed E-state index contributed by atoms with van der Waals surface area (Å²) in [4.78, 5) is 12.4. The Kier molecular flexibility index (Phi) is 3.94. The second-order valence-corrected chi connectivity index (χ2v) is 5.04. The molecular weight excluding hydrogens is 280 g/mol. The second-order valence-electron chi connectivity index (χ2n) is 5.04. The number of ether oxygens (including phenoxy) is 2. The van der Waals surface area contributed by atoms with Gasteiger partial charge in [0, 0.05) is 18.1 Å². The summed E-state index contributed by atoms with van der Waals surface area (Å²) in [6.45, 7) is 2.26. The predicted octanol–water partition coefficient (Wildman–Crippen LogP) is 4.11. The number of esters is 1. The van der Waals surface area contributed by atoms with Crippen LogP contribution in [0.3, 0.4) is 0 Å². The number of methoxy groups -OCH3 is 1. The highest BCUT2D eigenvalue weighted by Crippen LogP contribution is 2.27. The van der Waals surface area contributed by atoms with Gasteiger partial charge in [-0.3, -0.25) is 0 Å². The Hall–Kier alpha value is -2.59. The molecule has 3 rings (SSSR count). The number of hydrogen-bond donors (Lipinski definition) is 0. The van der Waals surface area contributed by atoms with Gasteiger partial charge >= 0.3 is 5.97 Å². The van der Waals surface area contributed by atoms with Crippen molar-refractivity contribution in [1.29, 1.82) is 0 Å². The summed E-state index contributed by atoms with van der Waals surface area (Å²) in [5.74, 6) is 0.148. The first kappa shape index (κ1) is 14.4. The van der Waals surface area contributed by atoms with Gasteiger partial charge in [0.1, 0.15) is 11.3 Å². The molecular formula is C18H16O4. The minimum absolute atomic E-state index is 0.184. The normalized spacial score (nSPS) is 10.8. The monoisotopic (exact) mass is 296 g/mol. The fourth-order valence-corrected chi connectivity index (χ4v) is 2.31. The Labute approximate surface area is 128 Å². The van der Waals surface area contributed by atoms with E-state index in [1.807, 2.05) is 43.3 Å². The molecule has 0 bridgehead atoms. The molecule has 0 atom stereocenters. The lowest BCUT2D eigenvalue weighted by Crippen LogP contribution is -2.10. The molecule has 0 spiro atoms. The van der Waals surface area contributed by atoms with Crippen LogP contribution < -0.4 is 4.74 Å². The van der Waals surface area contributed by atoms with Crippen molar-refractivity contribution in [2.75, 3.05) is 7.11 Å². The molecule has 2 aromatic carbocycles. The Morgan fingerprint density at radius 2 is 1.82 bits per heavy atom. The van der Waals surface area contributed by atoms with Crippen LogP contribution in [0.1, 0.15) is 21.7 Å². The summed E-state index contributed by atoms with van der Waals surface area (Å²) in [6.07, 6.45) is 0. The molecule has 0 aliphatic heterocycles. The summed E-state index contributed by atoms with van der Waals surface area (Å²) in [7, 11) is 1.58. The molecule has 0 unspecified atom stereocenters. The van der Waals surface area contributed by atoms with Gasteiger partial charge in [0.25, 0.3) is 0 Å². The Morgan fingerprint density at radius 1 is 1.09 bits per heavy atom. The predicted molar refractivity (Wildman–Crippen MR) is 83.1 cm³/mol. The van der Waals surface area contributed by atoms with Crippen molar-refractivity contribution >= 4 is 16.9 Å². The molecule has 0 saturated carbocycles. The highest BCUT2D eigenvalue weighted by atomic mass is 16.5. The van der Waals surface area contributed by atoms with Crippen molar-refractivity contribution in [3.8, 4) is 5.75 Å². The molecule has 4 nitrogen and oxygen atoms in total. The van der Waals surface area contributed by atoms with Crippen LogP contribution in [0.4, 0.5) is 0 Å². The maximum atomic E-state index is 12.4.